The Morgan fingerprint density at radius 2 is 2.00 bits per heavy atom. The van der Waals surface area contributed by atoms with Crippen LogP contribution >= 0.6 is 0 Å². The molecule has 0 bridgehead atoms. The van der Waals surface area contributed by atoms with Crippen molar-refractivity contribution in [2.45, 2.75) is 33.7 Å². The summed E-state index contributed by atoms with van der Waals surface area (Å²) in [5.41, 5.74) is 0. The van der Waals surface area contributed by atoms with E-state index in [1.807, 2.05) is 12.4 Å². The van der Waals surface area contributed by atoms with Crippen LogP contribution in [0.5, 0.6) is 0 Å². The molecule has 14 heavy (non-hydrogen) atoms. The normalized spacial score (nSPS) is 16.8. The fourth-order valence-corrected chi connectivity index (χ4v) is 3.85. The summed E-state index contributed by atoms with van der Waals surface area (Å²) in [5, 5.41) is 3.39. The molecule has 1 aliphatic carbocycles. The van der Waals surface area contributed by atoms with Crippen LogP contribution in [0.25, 0.3) is 0 Å². The molecule has 1 aliphatic rings. The van der Waals surface area contributed by atoms with Gasteiger partial charge in [-0.2, -0.15) is 0 Å². The van der Waals surface area contributed by atoms with E-state index in [-0.39, 0.29) is 0 Å². The molecule has 0 saturated heterocycles. The van der Waals surface area contributed by atoms with E-state index in [2.05, 4.69) is 30.1 Å². The second kappa shape index (κ2) is 3.68. The van der Waals surface area contributed by atoms with Crippen molar-refractivity contribution in [3.05, 3.63) is 12.4 Å². The molecule has 1 aromatic rings. The summed E-state index contributed by atoms with van der Waals surface area (Å²) < 4.78 is 1.25. The van der Waals surface area contributed by atoms with Crippen molar-refractivity contribution in [1.82, 2.24) is 9.97 Å². The summed E-state index contributed by atoms with van der Waals surface area (Å²) in [4.78, 5) is 16.0. The molecule has 0 spiro atoms. The van der Waals surface area contributed by atoms with Crippen molar-refractivity contribution in [3.63, 3.8) is 0 Å². The monoisotopic (exact) mass is 299 g/mol. The zero-order valence-corrected chi connectivity index (χ0v) is 11.9. The van der Waals surface area contributed by atoms with Gasteiger partial charge in [0.05, 0.1) is 0 Å². The Kier molecular flexibility index (Phi) is 2.68. The number of nitrogens with zero attached hydrogens (tertiary/aromatic N) is 2. The van der Waals surface area contributed by atoms with Gasteiger partial charge >= 0.3 is 89.3 Å². The fourth-order valence-electron chi connectivity index (χ4n) is 1.23. The molecule has 4 heteroatoms. The zero-order chi connectivity index (χ0) is 10.2. The standard InChI is InChI=1S/C7H8N3.3CH3.Sn/c1-2-6(1)10-7-5-8-3-4-9-7;;;;/h3,5-6H,1-2H2,(H,9,10);3*1H3;. The van der Waals surface area contributed by atoms with Crippen LogP contribution in [-0.2, 0) is 0 Å². The Labute approximate surface area is 89.2 Å². The molecule has 1 heterocycles. The predicted octanol–water partition coefficient (Wildman–Crippen LogP) is 1.60. The zero-order valence-electron chi connectivity index (χ0n) is 9.04. The first-order valence-electron chi connectivity index (χ1n) is 5.15. The first-order valence-corrected chi connectivity index (χ1v) is 15.1. The van der Waals surface area contributed by atoms with Crippen LogP contribution in [0.1, 0.15) is 12.8 Å². The topological polar surface area (TPSA) is 37.8 Å². The van der Waals surface area contributed by atoms with E-state index in [0.717, 1.165) is 5.82 Å². The number of aromatic nitrogens is 2. The van der Waals surface area contributed by atoms with Crippen molar-refractivity contribution in [2.75, 3.05) is 5.32 Å². The average Bonchev–Trinajstić information content (AvgIpc) is 2.87. The van der Waals surface area contributed by atoms with E-state index < -0.39 is 18.4 Å². The minimum atomic E-state index is -2.02. The molecule has 1 saturated carbocycles. The van der Waals surface area contributed by atoms with Crippen molar-refractivity contribution in [1.29, 1.82) is 0 Å². The summed E-state index contributed by atoms with van der Waals surface area (Å²) in [6, 6.07) is 0.662. The SMILES string of the molecule is [CH3][Sn]([CH3])([CH3])[c]1cncc(NC2CC2)n1. The third-order valence-corrected chi connectivity index (χ3v) is 7.41. The maximum atomic E-state index is 4.64. The summed E-state index contributed by atoms with van der Waals surface area (Å²) >= 11 is -2.02. The van der Waals surface area contributed by atoms with Gasteiger partial charge in [-0.15, -0.1) is 0 Å². The number of anilines is 1. The average molecular weight is 298 g/mol. The van der Waals surface area contributed by atoms with E-state index in [1.54, 1.807) is 0 Å². The first kappa shape index (κ1) is 10.2. The van der Waals surface area contributed by atoms with Gasteiger partial charge in [0.1, 0.15) is 0 Å². The molecule has 0 atom stereocenters. The molecule has 1 fully saturated rings. The number of rotatable bonds is 3. The van der Waals surface area contributed by atoms with Crippen LogP contribution < -0.4 is 9.03 Å². The number of hydrogen-bond donors (Lipinski definition) is 1. The third-order valence-electron chi connectivity index (χ3n) is 2.33. The van der Waals surface area contributed by atoms with Crippen LogP contribution in [0.3, 0.4) is 0 Å². The fraction of sp³-hybridized carbons (Fsp3) is 0.600. The van der Waals surface area contributed by atoms with Crippen LogP contribution in [0.15, 0.2) is 12.4 Å². The van der Waals surface area contributed by atoms with Crippen molar-refractivity contribution in [2.24, 2.45) is 0 Å². The molecule has 0 aliphatic heterocycles. The Morgan fingerprint density at radius 3 is 2.57 bits per heavy atom. The van der Waals surface area contributed by atoms with E-state index in [1.165, 1.54) is 16.6 Å². The van der Waals surface area contributed by atoms with Gasteiger partial charge in [-0.05, 0) is 0 Å². The molecule has 2 rings (SSSR count). The molecule has 0 unspecified atom stereocenters. The Balaban J connectivity index is 2.17. The molecule has 0 aromatic carbocycles. The second-order valence-electron chi connectivity index (χ2n) is 4.96. The Bertz CT molecular complexity index is 328. The van der Waals surface area contributed by atoms with Gasteiger partial charge in [0.2, 0.25) is 0 Å². The van der Waals surface area contributed by atoms with Crippen LogP contribution in [0.4, 0.5) is 5.82 Å². The van der Waals surface area contributed by atoms with Crippen LogP contribution in [0, 0.1) is 0 Å². The van der Waals surface area contributed by atoms with Crippen molar-refractivity contribution < 1.29 is 0 Å². The van der Waals surface area contributed by atoms with E-state index in [9.17, 15) is 0 Å². The molecule has 0 radical (unpaired) electrons. The molecule has 1 N–H and O–H groups in total. The number of nitrogens with one attached hydrogen (secondary N) is 1. The molecular formula is C10H17N3Sn. The molecule has 76 valence electrons. The molecule has 0 amide bonds. The Morgan fingerprint density at radius 1 is 1.29 bits per heavy atom. The van der Waals surface area contributed by atoms with Gasteiger partial charge < -0.3 is 0 Å². The van der Waals surface area contributed by atoms with Crippen molar-refractivity contribution >= 4 is 27.9 Å². The summed E-state index contributed by atoms with van der Waals surface area (Å²) in [5.74, 6) is 0.969. The van der Waals surface area contributed by atoms with Gasteiger partial charge in [-0.25, -0.2) is 0 Å². The van der Waals surface area contributed by atoms with Gasteiger partial charge in [0, 0.05) is 0 Å². The Hall–Kier alpha value is -0.321. The summed E-state index contributed by atoms with van der Waals surface area (Å²) in [7, 11) is 0. The van der Waals surface area contributed by atoms with Gasteiger partial charge in [-0.1, -0.05) is 0 Å². The van der Waals surface area contributed by atoms with Crippen LogP contribution in [0.2, 0.25) is 14.8 Å². The molecule has 1 aromatic heterocycles. The van der Waals surface area contributed by atoms with Gasteiger partial charge in [0.15, 0.2) is 0 Å². The van der Waals surface area contributed by atoms with Crippen LogP contribution in [-0.4, -0.2) is 34.4 Å². The van der Waals surface area contributed by atoms with Gasteiger partial charge in [-0.3, -0.25) is 0 Å². The quantitative estimate of drug-likeness (QED) is 0.861. The van der Waals surface area contributed by atoms with E-state index in [0.29, 0.717) is 6.04 Å². The number of hydrogen-bond acceptors (Lipinski definition) is 3. The third kappa shape index (κ3) is 2.59. The first-order chi connectivity index (χ1) is 6.55. The molecular weight excluding hydrogens is 281 g/mol. The summed E-state index contributed by atoms with van der Waals surface area (Å²) in [6.45, 7) is 0. The van der Waals surface area contributed by atoms with Gasteiger partial charge in [0.25, 0.3) is 0 Å². The maximum absolute atomic E-state index is 4.64. The predicted molar refractivity (Wildman–Crippen MR) is 61.7 cm³/mol. The van der Waals surface area contributed by atoms with E-state index in [4.69, 9.17) is 0 Å². The second-order valence-corrected chi connectivity index (χ2v) is 19.3. The summed E-state index contributed by atoms with van der Waals surface area (Å²) in [6.07, 6.45) is 6.34. The molecule has 3 nitrogen and oxygen atoms in total. The minimum absolute atomic E-state index is 0.662. The van der Waals surface area contributed by atoms with Crippen molar-refractivity contribution in [3.8, 4) is 0 Å². The van der Waals surface area contributed by atoms with E-state index >= 15 is 0 Å².